The predicted octanol–water partition coefficient (Wildman–Crippen LogP) is 6.42. The van der Waals surface area contributed by atoms with E-state index in [1.54, 1.807) is 33.8 Å². The maximum Gasteiger partial charge on any atom is 0.307 e. The summed E-state index contributed by atoms with van der Waals surface area (Å²) < 4.78 is 7.47. The zero-order valence-corrected chi connectivity index (χ0v) is 28.7. The molecule has 0 saturated heterocycles. The van der Waals surface area contributed by atoms with Gasteiger partial charge in [-0.3, -0.25) is 9.59 Å². The van der Waals surface area contributed by atoms with E-state index in [1.807, 2.05) is 44.2 Å². The molecular formula is C36H44ClN5O5. The largest absolute Gasteiger partial charge is 0.490 e. The van der Waals surface area contributed by atoms with E-state index in [2.05, 4.69) is 38.5 Å². The topological polar surface area (TPSA) is 129 Å². The second-order valence-electron chi connectivity index (χ2n) is 12.1. The Labute approximate surface area is 281 Å². The van der Waals surface area contributed by atoms with Crippen LogP contribution in [0.4, 0.5) is 5.69 Å². The molecule has 250 valence electrons. The molecule has 3 N–H and O–H groups in total. The van der Waals surface area contributed by atoms with Crippen LogP contribution in [0.3, 0.4) is 0 Å². The number of benzene rings is 2. The fraction of sp³-hybridized carbons (Fsp3) is 0.389. The number of hydrogen-bond acceptors (Lipinski definition) is 7. The molecule has 0 radical (unpaired) electrons. The maximum atomic E-state index is 13.2. The van der Waals surface area contributed by atoms with Crippen LogP contribution in [0.15, 0.2) is 54.6 Å². The third-order valence-corrected chi connectivity index (χ3v) is 7.75. The van der Waals surface area contributed by atoms with Crippen LogP contribution in [0.5, 0.6) is 5.75 Å². The summed E-state index contributed by atoms with van der Waals surface area (Å²) in [6.45, 7) is 13.2. The van der Waals surface area contributed by atoms with Gasteiger partial charge in [0, 0.05) is 36.0 Å². The molecule has 47 heavy (non-hydrogen) atoms. The lowest BCUT2D eigenvalue weighted by atomic mass is 10.00. The SMILES string of the molecule is CC.CC(C)(C)O.Cc1nc2cc3nn2c(c1CC(=O)O)-c1ccc2c(c1Cl)N(C/C=C\CCc1ccccc1CNC3=O)CCO2. The van der Waals surface area contributed by atoms with Crippen LogP contribution >= 0.6 is 11.6 Å². The summed E-state index contributed by atoms with van der Waals surface area (Å²) in [6, 6.07) is 13.4. The number of carbonyl (C=O) groups excluding carboxylic acids is 1. The summed E-state index contributed by atoms with van der Waals surface area (Å²) >= 11 is 7.11. The Morgan fingerprint density at radius 3 is 2.51 bits per heavy atom. The number of carboxylic acids is 1. The van der Waals surface area contributed by atoms with Crippen molar-refractivity contribution < 1.29 is 24.5 Å². The summed E-state index contributed by atoms with van der Waals surface area (Å²) in [5.74, 6) is -0.687. The van der Waals surface area contributed by atoms with E-state index in [4.69, 9.17) is 21.4 Å². The minimum atomic E-state index is -1.01. The Morgan fingerprint density at radius 1 is 1.11 bits per heavy atom. The van der Waals surface area contributed by atoms with E-state index < -0.39 is 11.6 Å². The Morgan fingerprint density at radius 2 is 1.81 bits per heavy atom. The van der Waals surface area contributed by atoms with Crippen molar-refractivity contribution in [2.24, 2.45) is 0 Å². The van der Waals surface area contributed by atoms with Gasteiger partial charge in [-0.1, -0.05) is 61.9 Å². The zero-order chi connectivity index (χ0) is 34.3. The molecule has 4 aromatic rings. The zero-order valence-electron chi connectivity index (χ0n) is 27.9. The summed E-state index contributed by atoms with van der Waals surface area (Å²) in [5, 5.41) is 26.3. The molecule has 10 nitrogen and oxygen atoms in total. The summed E-state index contributed by atoms with van der Waals surface area (Å²) in [5.41, 5.74) is 5.16. The minimum absolute atomic E-state index is 0.182. The first-order chi connectivity index (χ1) is 22.4. The number of hydrogen-bond donors (Lipinski definition) is 3. The van der Waals surface area contributed by atoms with Crippen molar-refractivity contribution in [3.05, 3.63) is 87.7 Å². The molecule has 0 fully saturated rings. The van der Waals surface area contributed by atoms with E-state index >= 15 is 0 Å². The van der Waals surface area contributed by atoms with Crippen molar-refractivity contribution in [3.63, 3.8) is 0 Å². The van der Waals surface area contributed by atoms with Crippen LogP contribution < -0.4 is 15.0 Å². The highest BCUT2D eigenvalue weighted by atomic mass is 35.5. The molecule has 4 bridgehead atoms. The Hall–Kier alpha value is -4.41. The number of amides is 1. The lowest BCUT2D eigenvalue weighted by Crippen LogP contribution is -2.33. The molecule has 2 aliphatic heterocycles. The molecule has 2 aromatic heterocycles. The molecule has 0 saturated carbocycles. The molecular weight excluding hydrogens is 618 g/mol. The molecule has 0 aliphatic carbocycles. The van der Waals surface area contributed by atoms with Gasteiger partial charge in [0.05, 0.1) is 35.0 Å². The Bertz CT molecular complexity index is 1770. The lowest BCUT2D eigenvalue weighted by molar-refractivity contribution is -0.136. The van der Waals surface area contributed by atoms with Gasteiger partial charge in [-0.2, -0.15) is 5.10 Å². The molecule has 0 atom stereocenters. The van der Waals surface area contributed by atoms with Crippen molar-refractivity contribution in [1.82, 2.24) is 19.9 Å². The second kappa shape index (κ2) is 15.5. The quantitative estimate of drug-likeness (QED) is 0.210. The molecule has 6 rings (SSSR count). The fourth-order valence-electron chi connectivity index (χ4n) is 5.40. The predicted molar refractivity (Wildman–Crippen MR) is 186 cm³/mol. The van der Waals surface area contributed by atoms with Crippen LogP contribution in [0.25, 0.3) is 16.9 Å². The van der Waals surface area contributed by atoms with Crippen molar-refractivity contribution >= 4 is 34.8 Å². The van der Waals surface area contributed by atoms with Crippen LogP contribution in [0, 0.1) is 6.92 Å². The first kappa shape index (κ1) is 35.4. The van der Waals surface area contributed by atoms with Crippen molar-refractivity contribution in [3.8, 4) is 17.0 Å². The summed E-state index contributed by atoms with van der Waals surface area (Å²) in [7, 11) is 0. The first-order valence-corrected chi connectivity index (χ1v) is 16.3. The number of halogens is 1. The van der Waals surface area contributed by atoms with Gasteiger partial charge in [-0.25, -0.2) is 9.50 Å². The number of carboxylic acid groups (broad SMARTS) is 1. The number of nitrogens with zero attached hydrogens (tertiary/aromatic N) is 4. The van der Waals surface area contributed by atoms with Gasteiger partial charge >= 0.3 is 5.97 Å². The number of carbonyl (C=O) groups is 2. The summed E-state index contributed by atoms with van der Waals surface area (Å²) in [4.78, 5) is 31.9. The number of nitrogens with one attached hydrogen (secondary N) is 1. The number of aliphatic carboxylic acids is 1. The van der Waals surface area contributed by atoms with Crippen LogP contribution in [0.2, 0.25) is 5.02 Å². The standard InChI is InChI=1S/C30H28ClN5O4.C4H10O.C2H6/c1-18-22(15-26(37)38)28-21-10-11-24-29(27(21)31)35(13-14-40-24)12-6-2-3-7-19-8-4-5-9-20(19)17-32-30(39)23-16-25(33-18)36(28)34-23;1-4(2,3)5;1-2/h2,4-6,8-11,16H,3,7,12-15,17H2,1H3,(H,32,39)(H,37,38);5H,1-3H3;1-2H3/b6-2-;;. The highest BCUT2D eigenvalue weighted by molar-refractivity contribution is 6.36. The van der Waals surface area contributed by atoms with Crippen molar-refractivity contribution in [2.75, 3.05) is 24.6 Å². The van der Waals surface area contributed by atoms with Gasteiger partial charge in [0.2, 0.25) is 0 Å². The molecule has 2 aromatic carbocycles. The average molecular weight is 662 g/mol. The van der Waals surface area contributed by atoms with E-state index in [0.717, 1.165) is 24.1 Å². The molecule has 4 heterocycles. The van der Waals surface area contributed by atoms with Crippen molar-refractivity contribution in [1.29, 1.82) is 0 Å². The van der Waals surface area contributed by atoms with Crippen LogP contribution in [-0.2, 0) is 24.2 Å². The van der Waals surface area contributed by atoms with E-state index in [1.165, 1.54) is 10.1 Å². The Balaban J connectivity index is 0.000000655. The first-order valence-electron chi connectivity index (χ1n) is 15.9. The third-order valence-electron chi connectivity index (χ3n) is 7.37. The normalized spacial score (nSPS) is 15.1. The second-order valence-corrected chi connectivity index (χ2v) is 12.5. The maximum absolute atomic E-state index is 13.2. The minimum Gasteiger partial charge on any atom is -0.490 e. The van der Waals surface area contributed by atoms with Crippen LogP contribution in [0.1, 0.15) is 73.9 Å². The van der Waals surface area contributed by atoms with Gasteiger partial charge in [0.25, 0.3) is 5.91 Å². The lowest BCUT2D eigenvalue weighted by Gasteiger charge is -2.32. The monoisotopic (exact) mass is 661 g/mol. The molecule has 0 unspecified atom stereocenters. The average Bonchev–Trinajstić information content (AvgIpc) is 3.44. The molecule has 2 aliphatic rings. The molecule has 11 heteroatoms. The van der Waals surface area contributed by atoms with Gasteiger partial charge in [0.15, 0.2) is 11.3 Å². The number of anilines is 1. The number of fused-ring (bicyclic) bond motifs is 4. The van der Waals surface area contributed by atoms with Gasteiger partial charge < -0.3 is 25.2 Å². The number of aromatic nitrogens is 3. The Kier molecular flexibility index (Phi) is 11.7. The number of rotatable bonds is 2. The summed E-state index contributed by atoms with van der Waals surface area (Å²) in [6.07, 6.45) is 5.72. The van der Waals surface area contributed by atoms with E-state index in [-0.39, 0.29) is 18.0 Å². The smallest absolute Gasteiger partial charge is 0.307 e. The van der Waals surface area contributed by atoms with Gasteiger partial charge in [-0.15, -0.1) is 0 Å². The molecule has 0 spiro atoms. The number of ether oxygens (including phenoxy) is 1. The van der Waals surface area contributed by atoms with E-state index in [0.29, 0.717) is 65.2 Å². The fourth-order valence-corrected chi connectivity index (χ4v) is 5.77. The van der Waals surface area contributed by atoms with Crippen LogP contribution in [-0.4, -0.2) is 62.0 Å². The molecule has 1 amide bonds. The number of aliphatic hydroxyl groups is 1. The number of allylic oxidation sites excluding steroid dienone is 1. The van der Waals surface area contributed by atoms with Crippen molar-refractivity contribution in [2.45, 2.75) is 73.0 Å². The number of aryl methyl sites for hydroxylation is 2. The third kappa shape index (κ3) is 8.69. The highest BCUT2D eigenvalue weighted by Crippen LogP contribution is 2.45. The highest BCUT2D eigenvalue weighted by Gasteiger charge is 2.27. The van der Waals surface area contributed by atoms with Gasteiger partial charge in [-0.05, 0) is 63.8 Å². The van der Waals surface area contributed by atoms with Gasteiger partial charge in [0.1, 0.15) is 12.4 Å². The van der Waals surface area contributed by atoms with E-state index in [9.17, 15) is 14.7 Å².